The van der Waals surface area contributed by atoms with Gasteiger partial charge in [-0.15, -0.1) is 0 Å². The third-order valence-electron chi connectivity index (χ3n) is 4.62. The van der Waals surface area contributed by atoms with Crippen molar-refractivity contribution >= 4 is 28.4 Å². The number of carbonyl (C=O) groups is 1. The van der Waals surface area contributed by atoms with Crippen LogP contribution in [0.1, 0.15) is 38.2 Å². The zero-order valence-corrected chi connectivity index (χ0v) is 15.5. The number of Topliss-reactive ketones (excluding diaryl/α,β-unsaturated/α-hetero) is 1. The van der Waals surface area contributed by atoms with E-state index in [2.05, 4.69) is 54.4 Å². The first-order chi connectivity index (χ1) is 10.8. The molecule has 0 bridgehead atoms. The van der Waals surface area contributed by atoms with Gasteiger partial charge in [-0.2, -0.15) is 5.26 Å². The van der Waals surface area contributed by atoms with Crippen molar-refractivity contribution < 1.29 is 4.79 Å². The number of carbonyl (C=O) groups excluding carboxylic acids is 1. The smallest absolute Gasteiger partial charge is 0.161 e. The minimum Gasteiger partial charge on any atom is -0.361 e. The van der Waals surface area contributed by atoms with Crippen LogP contribution in [-0.2, 0) is 4.79 Å². The maximum Gasteiger partial charge on any atom is 0.161 e. The summed E-state index contributed by atoms with van der Waals surface area (Å²) in [5.74, 6) is -0.483. The van der Waals surface area contributed by atoms with Crippen LogP contribution >= 0.6 is 22.6 Å². The molecular weight excluding hydrogens is 399 g/mol. The van der Waals surface area contributed by atoms with E-state index in [1.165, 1.54) is 0 Å². The highest BCUT2D eigenvalue weighted by Gasteiger charge is 2.43. The largest absolute Gasteiger partial charge is 0.361 e. The topological polar surface area (TPSA) is 52.9 Å². The van der Waals surface area contributed by atoms with Crippen molar-refractivity contribution in [3.63, 3.8) is 0 Å². The molecule has 2 aliphatic rings. The Balaban J connectivity index is 2.16. The van der Waals surface area contributed by atoms with Crippen molar-refractivity contribution in [1.82, 2.24) is 5.32 Å². The molecule has 0 fully saturated rings. The summed E-state index contributed by atoms with van der Waals surface area (Å²) >= 11 is 2.26. The summed E-state index contributed by atoms with van der Waals surface area (Å²) in [5, 5.41) is 12.9. The molecule has 1 aromatic carbocycles. The van der Waals surface area contributed by atoms with E-state index >= 15 is 0 Å². The highest BCUT2D eigenvalue weighted by Crippen LogP contribution is 2.47. The molecule has 0 saturated carbocycles. The molecule has 1 aromatic rings. The van der Waals surface area contributed by atoms with Gasteiger partial charge >= 0.3 is 0 Å². The Bertz CT molecular complexity index is 753. The molecule has 2 atom stereocenters. The predicted octanol–water partition coefficient (Wildman–Crippen LogP) is 4.27. The van der Waals surface area contributed by atoms with E-state index in [9.17, 15) is 10.1 Å². The van der Waals surface area contributed by atoms with Crippen LogP contribution in [0, 0.1) is 26.2 Å². The Morgan fingerprint density at radius 2 is 1.96 bits per heavy atom. The van der Waals surface area contributed by atoms with Gasteiger partial charge in [0, 0.05) is 32.9 Å². The zero-order valence-electron chi connectivity index (χ0n) is 13.3. The van der Waals surface area contributed by atoms with E-state index in [1.54, 1.807) is 0 Å². The van der Waals surface area contributed by atoms with Crippen LogP contribution < -0.4 is 5.32 Å². The first-order valence-electron chi connectivity index (χ1n) is 7.69. The van der Waals surface area contributed by atoms with Crippen LogP contribution in [0.4, 0.5) is 0 Å². The standard InChI is InChI=1S/C19H19IN2O/c1-11-14(10-21)17(12-4-6-13(20)7-5-12)18-15(22-11)8-19(2,3)9-16(18)23/h4-7,14,17,22H,1,8-9H2,2-3H3. The van der Waals surface area contributed by atoms with Crippen molar-refractivity contribution in [2.45, 2.75) is 32.6 Å². The zero-order chi connectivity index (χ0) is 16.8. The molecule has 118 valence electrons. The van der Waals surface area contributed by atoms with Gasteiger partial charge in [-0.3, -0.25) is 4.79 Å². The van der Waals surface area contributed by atoms with Gasteiger partial charge in [0.1, 0.15) is 0 Å². The molecule has 1 N–H and O–H groups in total. The molecule has 0 aromatic heterocycles. The number of hydrogen-bond donors (Lipinski definition) is 1. The number of rotatable bonds is 1. The average Bonchev–Trinajstić information content (AvgIpc) is 2.45. The lowest BCUT2D eigenvalue weighted by Crippen LogP contribution is -2.40. The van der Waals surface area contributed by atoms with Crippen molar-refractivity contribution in [3.8, 4) is 6.07 Å². The lowest BCUT2D eigenvalue weighted by Gasteiger charge is -2.41. The molecule has 3 nitrogen and oxygen atoms in total. The van der Waals surface area contributed by atoms with Gasteiger partial charge in [0.15, 0.2) is 5.78 Å². The number of nitrogens with one attached hydrogen (secondary N) is 1. The fourth-order valence-electron chi connectivity index (χ4n) is 3.63. The lowest BCUT2D eigenvalue weighted by atomic mass is 9.67. The summed E-state index contributed by atoms with van der Waals surface area (Å²) in [6.07, 6.45) is 1.34. The maximum atomic E-state index is 12.8. The van der Waals surface area contributed by atoms with Crippen LogP contribution in [-0.4, -0.2) is 5.78 Å². The summed E-state index contributed by atoms with van der Waals surface area (Å²) < 4.78 is 1.14. The maximum absolute atomic E-state index is 12.8. The van der Waals surface area contributed by atoms with Gasteiger partial charge in [0.25, 0.3) is 0 Å². The fourth-order valence-corrected chi connectivity index (χ4v) is 3.99. The summed E-state index contributed by atoms with van der Waals surface area (Å²) in [6.45, 7) is 8.26. The van der Waals surface area contributed by atoms with E-state index in [-0.39, 0.29) is 17.1 Å². The van der Waals surface area contributed by atoms with Crippen LogP contribution in [0.2, 0.25) is 0 Å². The van der Waals surface area contributed by atoms with E-state index < -0.39 is 5.92 Å². The third kappa shape index (κ3) is 2.94. The molecule has 0 radical (unpaired) electrons. The fraction of sp³-hybridized carbons (Fsp3) is 0.368. The molecule has 1 aliphatic carbocycles. The van der Waals surface area contributed by atoms with E-state index in [1.807, 2.05) is 24.3 Å². The minimum absolute atomic E-state index is 0.0563. The monoisotopic (exact) mass is 418 g/mol. The molecule has 0 amide bonds. The second-order valence-corrected chi connectivity index (χ2v) is 8.37. The minimum atomic E-state index is -0.418. The second kappa shape index (κ2) is 5.79. The molecule has 4 heteroatoms. The number of halogens is 1. The number of hydrogen-bond acceptors (Lipinski definition) is 3. The van der Waals surface area contributed by atoms with Crippen molar-refractivity contribution in [3.05, 3.63) is 56.9 Å². The van der Waals surface area contributed by atoms with Gasteiger partial charge < -0.3 is 5.32 Å². The normalized spacial score (nSPS) is 26.3. The molecule has 1 heterocycles. The molecule has 0 saturated heterocycles. The number of benzene rings is 1. The quantitative estimate of drug-likeness (QED) is 0.693. The highest BCUT2D eigenvalue weighted by molar-refractivity contribution is 14.1. The average molecular weight is 418 g/mol. The summed E-state index contributed by atoms with van der Waals surface area (Å²) in [5.41, 5.74) is 3.38. The highest BCUT2D eigenvalue weighted by atomic mass is 127. The van der Waals surface area contributed by atoms with E-state index in [0.717, 1.165) is 26.8 Å². The van der Waals surface area contributed by atoms with Crippen molar-refractivity contribution in [2.75, 3.05) is 0 Å². The van der Waals surface area contributed by atoms with Gasteiger partial charge in [0.05, 0.1) is 12.0 Å². The van der Waals surface area contributed by atoms with Crippen LogP contribution in [0.25, 0.3) is 0 Å². The SMILES string of the molecule is C=C1NC2=C(C(=O)CC(C)(C)C2)C(c2ccc(I)cc2)C1C#N. The molecule has 1 aliphatic heterocycles. The van der Waals surface area contributed by atoms with Crippen LogP contribution in [0.5, 0.6) is 0 Å². The van der Waals surface area contributed by atoms with Crippen LogP contribution in [0.3, 0.4) is 0 Å². The van der Waals surface area contributed by atoms with Gasteiger partial charge in [-0.05, 0) is 52.1 Å². The lowest BCUT2D eigenvalue weighted by molar-refractivity contribution is -0.118. The van der Waals surface area contributed by atoms with Gasteiger partial charge in [0.2, 0.25) is 0 Å². The third-order valence-corrected chi connectivity index (χ3v) is 5.34. The Morgan fingerprint density at radius 1 is 1.30 bits per heavy atom. The van der Waals surface area contributed by atoms with Gasteiger partial charge in [-0.1, -0.05) is 32.6 Å². The van der Waals surface area contributed by atoms with E-state index in [0.29, 0.717) is 12.1 Å². The Hall–Kier alpha value is -1.61. The first-order valence-corrected chi connectivity index (χ1v) is 8.77. The summed E-state index contributed by atoms with van der Waals surface area (Å²) in [6, 6.07) is 10.4. The number of ketones is 1. The van der Waals surface area contributed by atoms with Crippen molar-refractivity contribution in [1.29, 1.82) is 5.26 Å². The number of nitriles is 1. The number of nitrogens with zero attached hydrogens (tertiary/aromatic N) is 1. The summed E-state index contributed by atoms with van der Waals surface area (Å²) in [4.78, 5) is 12.8. The Labute approximate surface area is 150 Å². The molecular formula is C19H19IN2O. The molecule has 0 spiro atoms. The Kier molecular flexibility index (Phi) is 4.09. The molecule has 23 heavy (non-hydrogen) atoms. The molecule has 3 rings (SSSR count). The first kappa shape index (κ1) is 16.3. The number of allylic oxidation sites excluding steroid dienone is 3. The predicted molar refractivity (Wildman–Crippen MR) is 98.3 cm³/mol. The van der Waals surface area contributed by atoms with Crippen molar-refractivity contribution in [2.24, 2.45) is 11.3 Å². The Morgan fingerprint density at radius 3 is 2.57 bits per heavy atom. The van der Waals surface area contributed by atoms with Gasteiger partial charge in [-0.25, -0.2) is 0 Å². The summed E-state index contributed by atoms with van der Waals surface area (Å²) in [7, 11) is 0. The molecule has 2 unspecified atom stereocenters. The van der Waals surface area contributed by atoms with Crippen LogP contribution in [0.15, 0.2) is 47.8 Å². The second-order valence-electron chi connectivity index (χ2n) is 7.12. The van der Waals surface area contributed by atoms with E-state index in [4.69, 9.17) is 0 Å².